The molecule has 4 heteroatoms. The Morgan fingerprint density at radius 2 is 1.87 bits per heavy atom. The Morgan fingerprint density at radius 3 is 2.70 bits per heavy atom. The second-order valence-electron chi connectivity index (χ2n) is 6.54. The molecule has 0 spiro atoms. The topological polar surface area (TPSA) is 41.6 Å². The summed E-state index contributed by atoms with van der Waals surface area (Å²) in [5.74, 6) is 0.951. The van der Waals surface area contributed by atoms with Crippen LogP contribution in [0.25, 0.3) is 10.8 Å². The highest BCUT2D eigenvalue weighted by Gasteiger charge is 2.31. The Balaban J connectivity index is 1.70. The minimum Gasteiger partial charge on any atom is -0.496 e. The first kappa shape index (κ1) is 14.5. The summed E-state index contributed by atoms with van der Waals surface area (Å²) < 4.78 is 5.43. The first-order chi connectivity index (χ1) is 11.3. The van der Waals surface area contributed by atoms with Crippen LogP contribution in [0.2, 0.25) is 0 Å². The number of methoxy groups -OCH3 is 1. The third kappa shape index (κ3) is 2.57. The number of nitrogens with zero attached hydrogens (tertiary/aromatic N) is 1. The van der Waals surface area contributed by atoms with Crippen LogP contribution in [0.3, 0.4) is 0 Å². The summed E-state index contributed by atoms with van der Waals surface area (Å²) >= 11 is 0. The molecule has 4 rings (SSSR count). The Bertz CT molecular complexity index is 743. The predicted octanol–water partition coefficient (Wildman–Crippen LogP) is 2.81. The van der Waals surface area contributed by atoms with E-state index in [2.05, 4.69) is 5.32 Å². The van der Waals surface area contributed by atoms with E-state index in [1.54, 1.807) is 7.11 Å². The number of carbonyl (C=O) groups is 1. The van der Waals surface area contributed by atoms with E-state index in [0.29, 0.717) is 12.1 Å². The highest BCUT2D eigenvalue weighted by atomic mass is 16.5. The lowest BCUT2D eigenvalue weighted by molar-refractivity contribution is 0.0750. The fourth-order valence-corrected chi connectivity index (χ4v) is 3.93. The molecule has 2 saturated heterocycles. The van der Waals surface area contributed by atoms with Gasteiger partial charge in [0, 0.05) is 36.1 Å². The summed E-state index contributed by atoms with van der Waals surface area (Å²) in [6, 6.07) is 12.8. The summed E-state index contributed by atoms with van der Waals surface area (Å²) in [5, 5.41) is 5.60. The first-order valence-corrected chi connectivity index (χ1v) is 8.37. The van der Waals surface area contributed by atoms with E-state index in [4.69, 9.17) is 4.74 Å². The lowest BCUT2D eigenvalue weighted by Gasteiger charge is -2.25. The number of nitrogens with one attached hydrogen (secondary N) is 1. The highest BCUT2D eigenvalue weighted by Crippen LogP contribution is 2.30. The van der Waals surface area contributed by atoms with Gasteiger partial charge in [-0.2, -0.15) is 0 Å². The van der Waals surface area contributed by atoms with E-state index in [-0.39, 0.29) is 5.91 Å². The molecule has 2 fully saturated rings. The Kier molecular flexibility index (Phi) is 3.69. The number of fused-ring (bicyclic) bond motifs is 3. The fraction of sp³-hybridized carbons (Fsp3) is 0.421. The van der Waals surface area contributed by atoms with Gasteiger partial charge in [-0.1, -0.05) is 24.3 Å². The third-order valence-electron chi connectivity index (χ3n) is 5.14. The molecule has 2 atom stereocenters. The van der Waals surface area contributed by atoms with Crippen LogP contribution < -0.4 is 10.1 Å². The van der Waals surface area contributed by atoms with Crippen molar-refractivity contribution in [2.75, 3.05) is 20.2 Å². The summed E-state index contributed by atoms with van der Waals surface area (Å²) in [7, 11) is 1.67. The van der Waals surface area contributed by atoms with Gasteiger partial charge in [0.15, 0.2) is 0 Å². The summed E-state index contributed by atoms with van der Waals surface area (Å²) in [5.41, 5.74) is 0.777. The zero-order chi connectivity index (χ0) is 15.8. The second kappa shape index (κ2) is 5.85. The van der Waals surface area contributed by atoms with Crippen molar-refractivity contribution >= 4 is 16.7 Å². The Morgan fingerprint density at radius 1 is 1.09 bits per heavy atom. The van der Waals surface area contributed by atoms with Crippen LogP contribution in [-0.4, -0.2) is 43.1 Å². The molecule has 0 aliphatic carbocycles. The van der Waals surface area contributed by atoms with Crippen molar-refractivity contribution < 1.29 is 9.53 Å². The van der Waals surface area contributed by atoms with Gasteiger partial charge in [-0.05, 0) is 36.8 Å². The number of rotatable bonds is 2. The van der Waals surface area contributed by atoms with Crippen LogP contribution >= 0.6 is 0 Å². The Labute approximate surface area is 136 Å². The molecule has 2 unspecified atom stereocenters. The quantitative estimate of drug-likeness (QED) is 0.927. The number of benzene rings is 2. The molecule has 0 aromatic heterocycles. The summed E-state index contributed by atoms with van der Waals surface area (Å²) in [6.07, 6.45) is 3.48. The van der Waals surface area contributed by atoms with Crippen molar-refractivity contribution in [1.29, 1.82) is 0 Å². The number of carbonyl (C=O) groups excluding carboxylic acids is 1. The van der Waals surface area contributed by atoms with E-state index in [0.717, 1.165) is 41.6 Å². The lowest BCUT2D eigenvalue weighted by Crippen LogP contribution is -2.39. The zero-order valence-electron chi connectivity index (χ0n) is 13.4. The zero-order valence-corrected chi connectivity index (χ0v) is 13.4. The molecule has 0 radical (unpaired) electrons. The number of likely N-dealkylation sites (tertiary alicyclic amines) is 1. The monoisotopic (exact) mass is 310 g/mol. The van der Waals surface area contributed by atoms with Gasteiger partial charge >= 0.3 is 0 Å². The van der Waals surface area contributed by atoms with Crippen molar-refractivity contribution in [3.63, 3.8) is 0 Å². The van der Waals surface area contributed by atoms with E-state index in [1.165, 1.54) is 12.8 Å². The first-order valence-electron chi connectivity index (χ1n) is 8.37. The maximum absolute atomic E-state index is 13.1. The van der Waals surface area contributed by atoms with Crippen LogP contribution in [0.1, 0.15) is 29.6 Å². The fourth-order valence-electron chi connectivity index (χ4n) is 3.93. The largest absolute Gasteiger partial charge is 0.496 e. The molecule has 2 aliphatic heterocycles. The van der Waals surface area contributed by atoms with Gasteiger partial charge in [0.1, 0.15) is 5.75 Å². The van der Waals surface area contributed by atoms with Crippen LogP contribution in [-0.2, 0) is 0 Å². The minimum atomic E-state index is 0.137. The average molecular weight is 310 g/mol. The van der Waals surface area contributed by atoms with E-state index in [9.17, 15) is 4.79 Å². The molecular formula is C19H22N2O2. The summed E-state index contributed by atoms with van der Waals surface area (Å²) in [4.78, 5) is 15.1. The molecule has 120 valence electrons. The van der Waals surface area contributed by atoms with Gasteiger partial charge in [-0.25, -0.2) is 0 Å². The number of hydrogen-bond acceptors (Lipinski definition) is 3. The predicted molar refractivity (Wildman–Crippen MR) is 91.0 cm³/mol. The van der Waals surface area contributed by atoms with Crippen LogP contribution in [0, 0.1) is 0 Å². The van der Waals surface area contributed by atoms with Gasteiger partial charge in [0.2, 0.25) is 0 Å². The van der Waals surface area contributed by atoms with E-state index in [1.807, 2.05) is 41.3 Å². The van der Waals surface area contributed by atoms with Crippen molar-refractivity contribution in [1.82, 2.24) is 10.2 Å². The van der Waals surface area contributed by atoms with Gasteiger partial charge in [-0.3, -0.25) is 4.79 Å². The molecule has 2 bridgehead atoms. The Hall–Kier alpha value is -2.07. The van der Waals surface area contributed by atoms with Gasteiger partial charge in [0.05, 0.1) is 7.11 Å². The van der Waals surface area contributed by atoms with Crippen LogP contribution in [0.5, 0.6) is 5.75 Å². The summed E-state index contributed by atoms with van der Waals surface area (Å²) in [6.45, 7) is 1.66. The lowest BCUT2D eigenvalue weighted by atomic mass is 10.0. The molecule has 23 heavy (non-hydrogen) atoms. The molecular weight excluding hydrogens is 288 g/mol. The van der Waals surface area contributed by atoms with Crippen molar-refractivity contribution in [2.45, 2.75) is 31.3 Å². The number of hydrogen-bond donors (Lipinski definition) is 1. The SMILES string of the molecule is COc1ccc(C(=O)N2CCC3CCC(C2)N3)c2ccccc12. The van der Waals surface area contributed by atoms with Crippen molar-refractivity contribution in [3.8, 4) is 5.75 Å². The molecule has 1 amide bonds. The molecule has 2 aliphatic rings. The maximum atomic E-state index is 13.1. The van der Waals surface area contributed by atoms with Crippen LogP contribution in [0.4, 0.5) is 0 Å². The normalized spacial score (nSPS) is 23.8. The number of ether oxygens (including phenoxy) is 1. The third-order valence-corrected chi connectivity index (χ3v) is 5.14. The van der Waals surface area contributed by atoms with E-state index < -0.39 is 0 Å². The minimum absolute atomic E-state index is 0.137. The molecule has 1 N–H and O–H groups in total. The van der Waals surface area contributed by atoms with Crippen LogP contribution in [0.15, 0.2) is 36.4 Å². The van der Waals surface area contributed by atoms with E-state index >= 15 is 0 Å². The molecule has 4 nitrogen and oxygen atoms in total. The van der Waals surface area contributed by atoms with Gasteiger partial charge in [0.25, 0.3) is 5.91 Å². The highest BCUT2D eigenvalue weighted by molar-refractivity contribution is 6.08. The van der Waals surface area contributed by atoms with Crippen molar-refractivity contribution in [3.05, 3.63) is 42.0 Å². The van der Waals surface area contributed by atoms with Gasteiger partial charge in [-0.15, -0.1) is 0 Å². The number of amides is 1. The second-order valence-corrected chi connectivity index (χ2v) is 6.54. The smallest absolute Gasteiger partial charge is 0.254 e. The standard InChI is InChI=1S/C19H22N2O2/c1-23-18-9-8-17(15-4-2-3-5-16(15)18)19(22)21-11-10-13-6-7-14(12-21)20-13/h2-5,8-9,13-14,20H,6-7,10-12H2,1H3. The van der Waals surface area contributed by atoms with Gasteiger partial charge < -0.3 is 15.0 Å². The van der Waals surface area contributed by atoms with Crippen molar-refractivity contribution in [2.24, 2.45) is 0 Å². The molecule has 2 aromatic rings. The molecule has 0 saturated carbocycles. The molecule has 2 heterocycles. The average Bonchev–Trinajstić information content (AvgIpc) is 2.92. The maximum Gasteiger partial charge on any atom is 0.254 e. The molecule has 2 aromatic carbocycles.